The van der Waals surface area contributed by atoms with Crippen LogP contribution in [0.15, 0.2) is 64.4 Å². The van der Waals surface area contributed by atoms with Crippen LogP contribution in [-0.4, -0.2) is 42.3 Å². The van der Waals surface area contributed by atoms with E-state index in [1.165, 1.54) is 22.1 Å². The van der Waals surface area contributed by atoms with Crippen LogP contribution in [0.1, 0.15) is 49.0 Å². The number of carbonyl (C=O) groups is 1. The number of hydrogen-bond acceptors (Lipinski definition) is 4. The molecule has 1 aromatic heterocycles. The topological polar surface area (TPSA) is 88.5 Å². The maximum atomic E-state index is 13.3. The summed E-state index contributed by atoms with van der Waals surface area (Å²) in [6, 6.07) is 14.5. The smallest absolute Gasteiger partial charge is 0.256 e. The maximum absolute atomic E-state index is 13.3. The summed E-state index contributed by atoms with van der Waals surface area (Å²) in [5, 5.41) is 3.15. The average Bonchev–Trinajstić information content (AvgIpc) is 2.85. The van der Waals surface area contributed by atoms with Gasteiger partial charge in [0.2, 0.25) is 15.5 Å². The van der Waals surface area contributed by atoms with Gasteiger partial charge in [0.1, 0.15) is 5.56 Å². The van der Waals surface area contributed by atoms with Crippen LogP contribution in [-0.2, 0) is 23.5 Å². The van der Waals surface area contributed by atoms with Crippen molar-refractivity contribution in [3.63, 3.8) is 0 Å². The summed E-state index contributed by atoms with van der Waals surface area (Å²) in [6.45, 7) is 4.99. The Balaban J connectivity index is 1.58. The molecule has 8 heteroatoms. The van der Waals surface area contributed by atoms with Crippen molar-refractivity contribution in [2.75, 3.05) is 13.1 Å². The molecule has 1 N–H and O–H groups in total. The standard InChI is InChI=1S/C27H33N3O4S/c1-19-13-15-30(16-14-19)35(33,34)22-11-12-25-23(17-22)26(31)24(18-29(25)3)27(32)28-20(2)9-10-21-7-5-4-6-8-21/h4-8,11-12,17-20H,9-10,13-16H2,1-3H3,(H,28,32). The zero-order chi connectivity index (χ0) is 25.2. The van der Waals surface area contributed by atoms with Crippen LogP contribution >= 0.6 is 0 Å². The van der Waals surface area contributed by atoms with Gasteiger partial charge in [-0.25, -0.2) is 8.42 Å². The van der Waals surface area contributed by atoms with Crippen molar-refractivity contribution < 1.29 is 13.2 Å². The molecule has 0 spiro atoms. The van der Waals surface area contributed by atoms with Gasteiger partial charge >= 0.3 is 0 Å². The predicted molar refractivity (Wildman–Crippen MR) is 138 cm³/mol. The van der Waals surface area contributed by atoms with Gasteiger partial charge in [0, 0.05) is 37.8 Å². The van der Waals surface area contributed by atoms with Gasteiger partial charge in [-0.3, -0.25) is 9.59 Å². The number of piperidine rings is 1. The Morgan fingerprint density at radius 2 is 1.80 bits per heavy atom. The highest BCUT2D eigenvalue weighted by molar-refractivity contribution is 7.89. The summed E-state index contributed by atoms with van der Waals surface area (Å²) in [6.07, 6.45) is 4.71. The molecule has 7 nitrogen and oxygen atoms in total. The van der Waals surface area contributed by atoms with E-state index in [1.807, 2.05) is 37.3 Å². The van der Waals surface area contributed by atoms with Crippen molar-refractivity contribution in [3.05, 3.63) is 76.1 Å². The first-order valence-electron chi connectivity index (χ1n) is 12.1. The number of nitrogens with zero attached hydrogens (tertiary/aromatic N) is 2. The molecule has 1 aliphatic rings. The van der Waals surface area contributed by atoms with Crippen LogP contribution in [0.2, 0.25) is 0 Å². The Labute approximate surface area is 206 Å². The lowest BCUT2D eigenvalue weighted by atomic mass is 10.0. The third-order valence-corrected chi connectivity index (χ3v) is 8.77. The average molecular weight is 496 g/mol. The van der Waals surface area contributed by atoms with Crippen molar-refractivity contribution >= 4 is 26.8 Å². The lowest BCUT2D eigenvalue weighted by molar-refractivity contribution is 0.0937. The van der Waals surface area contributed by atoms with Crippen molar-refractivity contribution in [1.82, 2.24) is 14.2 Å². The van der Waals surface area contributed by atoms with E-state index in [4.69, 9.17) is 0 Å². The van der Waals surface area contributed by atoms with Gasteiger partial charge in [-0.1, -0.05) is 37.3 Å². The number of fused-ring (bicyclic) bond motifs is 1. The highest BCUT2D eigenvalue weighted by Gasteiger charge is 2.29. The summed E-state index contributed by atoms with van der Waals surface area (Å²) in [5.74, 6) is 0.0489. The van der Waals surface area contributed by atoms with Gasteiger partial charge in [-0.2, -0.15) is 4.31 Å². The molecule has 4 rings (SSSR count). The summed E-state index contributed by atoms with van der Waals surface area (Å²) in [5.41, 5.74) is 1.31. The zero-order valence-corrected chi connectivity index (χ0v) is 21.3. The van der Waals surface area contributed by atoms with Crippen LogP contribution in [0.3, 0.4) is 0 Å². The zero-order valence-electron chi connectivity index (χ0n) is 20.5. The Kier molecular flexibility index (Phi) is 7.42. The Morgan fingerprint density at radius 1 is 1.11 bits per heavy atom. The van der Waals surface area contributed by atoms with Crippen molar-refractivity contribution in [1.29, 1.82) is 0 Å². The number of aryl methyl sites for hydroxylation is 2. The van der Waals surface area contributed by atoms with Gasteiger partial charge in [0.05, 0.1) is 10.4 Å². The largest absolute Gasteiger partial charge is 0.350 e. The molecule has 1 unspecified atom stereocenters. The molecule has 1 amide bonds. The van der Waals surface area contributed by atoms with E-state index in [-0.39, 0.29) is 21.9 Å². The van der Waals surface area contributed by atoms with E-state index in [0.717, 1.165) is 25.7 Å². The molecular formula is C27H33N3O4S. The molecule has 1 aliphatic heterocycles. The number of hydrogen-bond donors (Lipinski definition) is 1. The molecule has 3 aromatic rings. The molecule has 1 saturated heterocycles. The monoisotopic (exact) mass is 495 g/mol. The Morgan fingerprint density at radius 3 is 2.49 bits per heavy atom. The second-order valence-electron chi connectivity index (χ2n) is 9.65. The van der Waals surface area contributed by atoms with Gasteiger partial charge in [0.25, 0.3) is 5.91 Å². The molecule has 1 fully saturated rings. The van der Waals surface area contributed by atoms with Gasteiger partial charge in [0.15, 0.2) is 0 Å². The van der Waals surface area contributed by atoms with Crippen LogP contribution in [0.5, 0.6) is 0 Å². The highest BCUT2D eigenvalue weighted by Crippen LogP contribution is 2.25. The lowest BCUT2D eigenvalue weighted by Crippen LogP contribution is -2.38. The summed E-state index contributed by atoms with van der Waals surface area (Å²) in [4.78, 5) is 26.4. The fourth-order valence-corrected chi connectivity index (χ4v) is 6.07. The van der Waals surface area contributed by atoms with E-state index in [0.29, 0.717) is 24.5 Å². The van der Waals surface area contributed by atoms with Gasteiger partial charge in [-0.15, -0.1) is 0 Å². The van der Waals surface area contributed by atoms with E-state index >= 15 is 0 Å². The lowest BCUT2D eigenvalue weighted by Gasteiger charge is -2.29. The van der Waals surface area contributed by atoms with Gasteiger partial charge < -0.3 is 9.88 Å². The van der Waals surface area contributed by atoms with E-state index in [9.17, 15) is 18.0 Å². The number of aromatic nitrogens is 1. The second-order valence-corrected chi connectivity index (χ2v) is 11.6. The number of benzene rings is 2. The number of nitrogens with one attached hydrogen (secondary N) is 1. The molecular weight excluding hydrogens is 462 g/mol. The molecule has 2 aromatic carbocycles. The third-order valence-electron chi connectivity index (χ3n) is 6.87. The number of sulfonamides is 1. The van der Waals surface area contributed by atoms with E-state index < -0.39 is 21.4 Å². The minimum Gasteiger partial charge on any atom is -0.350 e. The summed E-state index contributed by atoms with van der Waals surface area (Å²) < 4.78 is 29.6. The second kappa shape index (κ2) is 10.3. The molecule has 0 radical (unpaired) electrons. The predicted octanol–water partition coefficient (Wildman–Crippen LogP) is 3.71. The van der Waals surface area contributed by atoms with Crippen LogP contribution < -0.4 is 10.7 Å². The molecule has 35 heavy (non-hydrogen) atoms. The van der Waals surface area contributed by atoms with Crippen molar-refractivity contribution in [3.8, 4) is 0 Å². The highest BCUT2D eigenvalue weighted by atomic mass is 32.2. The fraction of sp³-hybridized carbons (Fsp3) is 0.407. The summed E-state index contributed by atoms with van der Waals surface area (Å²) >= 11 is 0. The Hall–Kier alpha value is -2.97. The molecule has 1 atom stereocenters. The molecule has 186 valence electrons. The number of amides is 1. The van der Waals surface area contributed by atoms with Crippen LogP contribution in [0.25, 0.3) is 10.9 Å². The first kappa shape index (κ1) is 25.1. The van der Waals surface area contributed by atoms with E-state index in [1.54, 1.807) is 23.7 Å². The van der Waals surface area contributed by atoms with Gasteiger partial charge in [-0.05, 0) is 62.3 Å². The number of pyridine rings is 1. The Bertz CT molecular complexity index is 1370. The summed E-state index contributed by atoms with van der Waals surface area (Å²) in [7, 11) is -1.96. The van der Waals surface area contributed by atoms with Crippen LogP contribution in [0, 0.1) is 5.92 Å². The SMILES string of the molecule is CC1CCN(S(=O)(=O)c2ccc3c(c2)c(=O)c(C(=O)NC(C)CCc2ccccc2)cn3C)CC1. The minimum atomic E-state index is -3.71. The minimum absolute atomic E-state index is 0.00732. The first-order valence-corrected chi connectivity index (χ1v) is 13.6. The van der Waals surface area contributed by atoms with Crippen LogP contribution in [0.4, 0.5) is 0 Å². The normalized spacial score (nSPS) is 16.3. The maximum Gasteiger partial charge on any atom is 0.256 e. The quantitative estimate of drug-likeness (QED) is 0.541. The van der Waals surface area contributed by atoms with Crippen molar-refractivity contribution in [2.45, 2.75) is 50.5 Å². The fourth-order valence-electron chi connectivity index (χ4n) is 4.57. The van der Waals surface area contributed by atoms with Crippen molar-refractivity contribution in [2.24, 2.45) is 13.0 Å². The first-order chi connectivity index (χ1) is 16.7. The third kappa shape index (κ3) is 5.49. The van der Waals surface area contributed by atoms with E-state index in [2.05, 4.69) is 12.2 Å². The number of carbonyl (C=O) groups excluding carboxylic acids is 1. The molecule has 2 heterocycles. The number of rotatable bonds is 7. The molecule has 0 aliphatic carbocycles. The molecule has 0 saturated carbocycles. The molecule has 0 bridgehead atoms.